The summed E-state index contributed by atoms with van der Waals surface area (Å²) in [6, 6.07) is 56.8. The predicted octanol–water partition coefficient (Wildman–Crippen LogP) is 13.4. The molecule has 0 bridgehead atoms. The van der Waals surface area contributed by atoms with Crippen molar-refractivity contribution >= 4 is 110 Å². The van der Waals surface area contributed by atoms with Crippen molar-refractivity contribution in [3.63, 3.8) is 0 Å². The summed E-state index contributed by atoms with van der Waals surface area (Å²) in [6.45, 7) is 0. The Kier molecular flexibility index (Phi) is 5.60. The SMILES string of the molecule is C1=C\c2c(oc3ccccc23)\C(c2ccc3ccccc3c2)=N/C(n2c3ccccc3c3c4c5ccc6ccccc6c5n5c6ccccc6c(cc32)c45)=C\1. The van der Waals surface area contributed by atoms with E-state index in [2.05, 4.69) is 173 Å². The van der Waals surface area contributed by atoms with Crippen molar-refractivity contribution < 1.29 is 4.42 Å². The number of furan rings is 1. The molecule has 0 radical (unpaired) electrons. The largest absolute Gasteiger partial charge is 0.454 e. The van der Waals surface area contributed by atoms with Crippen LogP contribution in [-0.2, 0) is 0 Å². The number of rotatable bonds is 2. The van der Waals surface area contributed by atoms with Crippen molar-refractivity contribution in [1.82, 2.24) is 8.97 Å². The Balaban J connectivity index is 1.19. The molecule has 0 saturated heterocycles. The summed E-state index contributed by atoms with van der Waals surface area (Å²) < 4.78 is 11.6. The summed E-state index contributed by atoms with van der Waals surface area (Å²) >= 11 is 0. The van der Waals surface area contributed by atoms with Crippen LogP contribution in [0, 0.1) is 0 Å². The third-order valence-electron chi connectivity index (χ3n) is 11.8. The first-order chi connectivity index (χ1) is 27.3. The molecule has 13 rings (SSSR count). The van der Waals surface area contributed by atoms with Gasteiger partial charge >= 0.3 is 0 Å². The molecule has 4 nitrogen and oxygen atoms in total. The Labute approximate surface area is 314 Å². The van der Waals surface area contributed by atoms with Gasteiger partial charge in [-0.1, -0.05) is 140 Å². The van der Waals surface area contributed by atoms with E-state index in [1.54, 1.807) is 0 Å². The lowest BCUT2D eigenvalue weighted by atomic mass is 9.99. The fourth-order valence-corrected chi connectivity index (χ4v) is 9.51. The summed E-state index contributed by atoms with van der Waals surface area (Å²) in [5.74, 6) is 1.59. The van der Waals surface area contributed by atoms with E-state index in [4.69, 9.17) is 9.41 Å². The summed E-state index contributed by atoms with van der Waals surface area (Å²) in [6.07, 6.45) is 6.46. The van der Waals surface area contributed by atoms with Gasteiger partial charge in [0.1, 0.15) is 17.1 Å². The number of aromatic nitrogens is 2. The molecule has 254 valence electrons. The zero-order valence-electron chi connectivity index (χ0n) is 29.5. The van der Waals surface area contributed by atoms with E-state index in [0.29, 0.717) is 0 Å². The van der Waals surface area contributed by atoms with Crippen molar-refractivity contribution in [3.8, 4) is 0 Å². The highest BCUT2D eigenvalue weighted by atomic mass is 16.3. The summed E-state index contributed by atoms with van der Waals surface area (Å²) in [7, 11) is 0. The topological polar surface area (TPSA) is 34.8 Å². The number of hydrogen-bond acceptors (Lipinski definition) is 2. The molecule has 0 N–H and O–H groups in total. The molecular formula is C51H29N3O. The number of fused-ring (bicyclic) bond motifs is 16. The van der Waals surface area contributed by atoms with Crippen LogP contribution in [-0.4, -0.2) is 14.7 Å². The van der Waals surface area contributed by atoms with E-state index in [1.807, 2.05) is 12.1 Å². The van der Waals surface area contributed by atoms with Crippen molar-refractivity contribution in [1.29, 1.82) is 0 Å². The summed E-state index contributed by atoms with van der Waals surface area (Å²) in [5.41, 5.74) is 9.67. The van der Waals surface area contributed by atoms with E-state index in [1.165, 1.54) is 65.0 Å². The Morgan fingerprint density at radius 1 is 0.473 bits per heavy atom. The Bertz CT molecular complexity index is 3720. The van der Waals surface area contributed by atoms with Crippen LogP contribution in [0.5, 0.6) is 0 Å². The first-order valence-corrected chi connectivity index (χ1v) is 18.8. The van der Waals surface area contributed by atoms with Crippen LogP contribution in [0.2, 0.25) is 0 Å². The number of hydrogen-bond donors (Lipinski definition) is 0. The van der Waals surface area contributed by atoms with E-state index in [9.17, 15) is 0 Å². The standard InChI is InChI=1S/C51H29N3O/c1-2-14-32-28-33(25-24-30(32)12-1)48-51-37(36-17-7-10-22-44(36)55-51)19-11-23-45(52-48)53-42-21-9-6-18-38(42)46-43(53)29-40-35-16-5-8-20-41(35)54-49-34-15-4-3-13-31(34)26-27-39(49)47(46)50(40)54/h1-29H/b19-11+,23-11?,37-19?,45-23+,51-48?,52-45?,52-48-. The molecule has 55 heavy (non-hydrogen) atoms. The number of aliphatic imine (C=N–C) groups is 1. The minimum atomic E-state index is 0.768. The van der Waals surface area contributed by atoms with Crippen LogP contribution in [0.15, 0.2) is 179 Å². The van der Waals surface area contributed by atoms with Gasteiger partial charge in [-0.2, -0.15) is 0 Å². The molecule has 12 aromatic rings. The Morgan fingerprint density at radius 3 is 2.07 bits per heavy atom. The summed E-state index contributed by atoms with van der Waals surface area (Å²) in [5, 5.41) is 13.4. The van der Waals surface area contributed by atoms with Crippen LogP contribution in [0.25, 0.3) is 104 Å². The zero-order chi connectivity index (χ0) is 35.8. The second-order valence-corrected chi connectivity index (χ2v) is 14.7. The van der Waals surface area contributed by atoms with Gasteiger partial charge in [-0.15, -0.1) is 0 Å². The highest BCUT2D eigenvalue weighted by Gasteiger charge is 2.27. The number of allylic oxidation sites excluding steroid dienone is 2. The van der Waals surface area contributed by atoms with Crippen LogP contribution in [0.1, 0.15) is 16.9 Å². The average Bonchev–Trinajstić information content (AvgIpc) is 3.96. The molecule has 4 heteroatoms. The lowest BCUT2D eigenvalue weighted by molar-refractivity contribution is 0.604. The maximum Gasteiger partial charge on any atom is 0.161 e. The fraction of sp³-hybridized carbons (Fsp3) is 0. The molecule has 0 aliphatic carbocycles. The quantitative estimate of drug-likeness (QED) is 0.177. The molecule has 4 aromatic heterocycles. The van der Waals surface area contributed by atoms with Gasteiger partial charge in [-0.25, -0.2) is 4.99 Å². The van der Waals surface area contributed by atoms with E-state index < -0.39 is 0 Å². The van der Waals surface area contributed by atoms with Gasteiger partial charge in [-0.05, 0) is 52.6 Å². The van der Waals surface area contributed by atoms with Gasteiger partial charge in [0.25, 0.3) is 0 Å². The van der Waals surface area contributed by atoms with Crippen molar-refractivity contribution in [2.45, 2.75) is 0 Å². The fourth-order valence-electron chi connectivity index (χ4n) is 9.51. The van der Waals surface area contributed by atoms with E-state index in [-0.39, 0.29) is 0 Å². The van der Waals surface area contributed by atoms with Gasteiger partial charge in [0, 0.05) is 54.2 Å². The lowest BCUT2D eigenvalue weighted by Gasteiger charge is -2.14. The maximum atomic E-state index is 6.74. The molecule has 1 aliphatic heterocycles. The molecule has 8 aromatic carbocycles. The first-order valence-electron chi connectivity index (χ1n) is 18.8. The highest BCUT2D eigenvalue weighted by molar-refractivity contribution is 6.37. The van der Waals surface area contributed by atoms with Gasteiger partial charge < -0.3 is 8.82 Å². The van der Waals surface area contributed by atoms with Crippen LogP contribution in [0.3, 0.4) is 0 Å². The van der Waals surface area contributed by atoms with Crippen molar-refractivity contribution in [3.05, 3.63) is 187 Å². The monoisotopic (exact) mass is 699 g/mol. The molecular weight excluding hydrogens is 671 g/mol. The molecule has 1 aliphatic rings. The van der Waals surface area contributed by atoms with Gasteiger partial charge in [0.15, 0.2) is 5.76 Å². The molecule has 5 heterocycles. The minimum absolute atomic E-state index is 0.768. The molecule has 0 amide bonds. The molecule has 0 fully saturated rings. The zero-order valence-corrected chi connectivity index (χ0v) is 29.5. The smallest absolute Gasteiger partial charge is 0.161 e. The van der Waals surface area contributed by atoms with Gasteiger partial charge in [-0.3, -0.25) is 4.57 Å². The normalized spacial score (nSPS) is 16.1. The number of para-hydroxylation sites is 3. The Hall–Kier alpha value is -7.43. The van der Waals surface area contributed by atoms with E-state index in [0.717, 1.165) is 55.8 Å². The summed E-state index contributed by atoms with van der Waals surface area (Å²) in [4.78, 5) is 5.67. The predicted molar refractivity (Wildman–Crippen MR) is 231 cm³/mol. The molecule has 0 unspecified atom stereocenters. The number of benzene rings is 8. The molecule has 0 atom stereocenters. The third-order valence-corrected chi connectivity index (χ3v) is 11.8. The second-order valence-electron chi connectivity index (χ2n) is 14.7. The first kappa shape index (κ1) is 29.1. The molecule has 0 saturated carbocycles. The minimum Gasteiger partial charge on any atom is -0.454 e. The number of nitrogens with zero attached hydrogens (tertiary/aromatic N) is 3. The second kappa shape index (κ2) is 10.6. The lowest BCUT2D eigenvalue weighted by Crippen LogP contribution is -2.07. The maximum absolute atomic E-state index is 6.74. The van der Waals surface area contributed by atoms with Gasteiger partial charge in [0.05, 0.1) is 27.6 Å². The molecule has 0 spiro atoms. The van der Waals surface area contributed by atoms with Gasteiger partial charge in [0.2, 0.25) is 0 Å². The highest BCUT2D eigenvalue weighted by Crippen LogP contribution is 2.48. The third kappa shape index (κ3) is 3.82. The van der Waals surface area contributed by atoms with E-state index >= 15 is 0 Å². The van der Waals surface area contributed by atoms with Crippen molar-refractivity contribution in [2.24, 2.45) is 4.99 Å². The van der Waals surface area contributed by atoms with Crippen LogP contribution in [0.4, 0.5) is 0 Å². The van der Waals surface area contributed by atoms with Crippen molar-refractivity contribution in [2.75, 3.05) is 0 Å². The Morgan fingerprint density at radius 2 is 1.18 bits per heavy atom. The average molecular weight is 700 g/mol. The van der Waals surface area contributed by atoms with Crippen LogP contribution >= 0.6 is 0 Å². The van der Waals surface area contributed by atoms with Crippen LogP contribution < -0.4 is 0 Å².